The first-order chi connectivity index (χ1) is 10.0. The van der Waals surface area contributed by atoms with E-state index in [2.05, 4.69) is 64.1 Å². The molecule has 0 atom stereocenters. The summed E-state index contributed by atoms with van der Waals surface area (Å²) in [6, 6.07) is 14.9. The molecule has 0 amide bonds. The summed E-state index contributed by atoms with van der Waals surface area (Å²) in [5, 5.41) is 2.71. The van der Waals surface area contributed by atoms with Gasteiger partial charge in [0.05, 0.1) is 7.11 Å². The van der Waals surface area contributed by atoms with Crippen LogP contribution in [0.25, 0.3) is 0 Å². The zero-order valence-corrected chi connectivity index (χ0v) is 14.6. The summed E-state index contributed by atoms with van der Waals surface area (Å²) in [5.41, 5.74) is 1.17. The second-order valence-electron chi connectivity index (χ2n) is 6.12. The zero-order valence-electron chi connectivity index (χ0n) is 13.6. The molecule has 2 aromatic rings. The molecule has 112 valence electrons. The first-order valence-corrected chi connectivity index (χ1v) is 9.75. The summed E-state index contributed by atoms with van der Waals surface area (Å²) in [5.74, 6) is 0.912. The van der Waals surface area contributed by atoms with Gasteiger partial charge in [0.15, 0.2) is 0 Å². The molecule has 0 unspecified atom stereocenters. The van der Waals surface area contributed by atoms with Crippen LogP contribution < -0.4 is 15.2 Å². The van der Waals surface area contributed by atoms with Crippen molar-refractivity contribution in [1.29, 1.82) is 0 Å². The SMILES string of the molecule is COc1ccc([Si](c2ccccn2)(C(C)C)C(C)C)cc1. The van der Waals surface area contributed by atoms with Crippen molar-refractivity contribution in [3.8, 4) is 5.75 Å². The van der Waals surface area contributed by atoms with Crippen molar-refractivity contribution in [3.05, 3.63) is 48.7 Å². The first-order valence-electron chi connectivity index (χ1n) is 7.59. The van der Waals surface area contributed by atoms with Gasteiger partial charge in [0.2, 0.25) is 0 Å². The van der Waals surface area contributed by atoms with Crippen molar-refractivity contribution in [3.63, 3.8) is 0 Å². The van der Waals surface area contributed by atoms with E-state index in [-0.39, 0.29) is 0 Å². The number of nitrogens with zero attached hydrogens (tertiary/aromatic N) is 1. The highest BCUT2D eigenvalue weighted by molar-refractivity contribution is 7.03. The highest BCUT2D eigenvalue weighted by Crippen LogP contribution is 2.31. The summed E-state index contributed by atoms with van der Waals surface area (Å²) in [4.78, 5) is 4.74. The molecule has 1 aromatic carbocycles. The highest BCUT2D eigenvalue weighted by atomic mass is 28.3. The Bertz CT molecular complexity index is 556. The van der Waals surface area contributed by atoms with Gasteiger partial charge in [-0.15, -0.1) is 0 Å². The number of hydrogen-bond acceptors (Lipinski definition) is 2. The number of pyridine rings is 1. The summed E-state index contributed by atoms with van der Waals surface area (Å²) < 4.78 is 5.31. The molecular weight excluding hydrogens is 274 g/mol. The molecule has 0 radical (unpaired) electrons. The third-order valence-corrected chi connectivity index (χ3v) is 10.6. The van der Waals surface area contributed by atoms with E-state index in [1.807, 2.05) is 12.3 Å². The molecule has 2 rings (SSSR count). The van der Waals surface area contributed by atoms with E-state index >= 15 is 0 Å². The van der Waals surface area contributed by atoms with Gasteiger partial charge < -0.3 is 4.74 Å². The second kappa shape index (κ2) is 6.44. The summed E-state index contributed by atoms with van der Waals surface area (Å²) in [6.07, 6.45) is 1.92. The predicted molar refractivity (Wildman–Crippen MR) is 92.4 cm³/mol. The maximum absolute atomic E-state index is 5.31. The van der Waals surface area contributed by atoms with Gasteiger partial charge in [0.25, 0.3) is 0 Å². The van der Waals surface area contributed by atoms with Gasteiger partial charge in [-0.3, -0.25) is 4.98 Å². The lowest BCUT2D eigenvalue weighted by molar-refractivity contribution is 0.415. The average Bonchev–Trinajstić information content (AvgIpc) is 2.49. The van der Waals surface area contributed by atoms with Crippen LogP contribution in [0.15, 0.2) is 48.7 Å². The average molecular weight is 299 g/mol. The molecule has 2 nitrogen and oxygen atoms in total. The van der Waals surface area contributed by atoms with Crippen molar-refractivity contribution in [1.82, 2.24) is 4.98 Å². The molecule has 0 saturated carbocycles. The molecule has 3 heteroatoms. The maximum Gasteiger partial charge on any atom is 0.146 e. The third-order valence-electron chi connectivity index (χ3n) is 4.48. The Morgan fingerprint density at radius 3 is 1.95 bits per heavy atom. The predicted octanol–water partition coefficient (Wildman–Crippen LogP) is 3.47. The fraction of sp³-hybridized carbons (Fsp3) is 0.389. The molecule has 0 fully saturated rings. The lowest BCUT2D eigenvalue weighted by Crippen LogP contribution is -2.63. The summed E-state index contributed by atoms with van der Waals surface area (Å²) >= 11 is 0. The van der Waals surface area contributed by atoms with Crippen LogP contribution in [0, 0.1) is 0 Å². The van der Waals surface area contributed by atoms with Crippen LogP contribution in [0.4, 0.5) is 0 Å². The van der Waals surface area contributed by atoms with E-state index in [9.17, 15) is 0 Å². The lowest BCUT2D eigenvalue weighted by Gasteiger charge is -2.39. The Kier molecular flexibility index (Phi) is 4.83. The van der Waals surface area contributed by atoms with E-state index in [0.717, 1.165) is 5.75 Å². The van der Waals surface area contributed by atoms with Gasteiger partial charge in [0.1, 0.15) is 13.8 Å². The van der Waals surface area contributed by atoms with Crippen molar-refractivity contribution in [2.75, 3.05) is 7.11 Å². The van der Waals surface area contributed by atoms with E-state index in [1.54, 1.807) is 7.11 Å². The Morgan fingerprint density at radius 2 is 1.52 bits per heavy atom. The first kappa shape index (κ1) is 15.8. The summed E-state index contributed by atoms with van der Waals surface area (Å²) in [6.45, 7) is 9.35. The number of aromatic nitrogens is 1. The van der Waals surface area contributed by atoms with E-state index in [1.165, 1.54) is 10.5 Å². The lowest BCUT2D eigenvalue weighted by atomic mass is 10.3. The molecule has 1 heterocycles. The Morgan fingerprint density at radius 1 is 0.905 bits per heavy atom. The Labute approximate surface area is 129 Å². The molecule has 1 aromatic heterocycles. The molecule has 0 spiro atoms. The van der Waals surface area contributed by atoms with Crippen molar-refractivity contribution >= 4 is 18.6 Å². The maximum atomic E-state index is 5.31. The minimum Gasteiger partial charge on any atom is -0.497 e. The number of ether oxygens (including phenoxy) is 1. The van der Waals surface area contributed by atoms with Gasteiger partial charge in [0, 0.05) is 11.5 Å². The monoisotopic (exact) mass is 299 g/mol. The third kappa shape index (κ3) is 2.75. The molecule has 0 bridgehead atoms. The Hall–Kier alpha value is -1.61. The van der Waals surface area contributed by atoms with Crippen LogP contribution in [0.5, 0.6) is 5.75 Å². The van der Waals surface area contributed by atoms with Crippen LogP contribution in [0.1, 0.15) is 27.7 Å². The van der Waals surface area contributed by atoms with Gasteiger partial charge in [-0.1, -0.05) is 51.1 Å². The van der Waals surface area contributed by atoms with Crippen molar-refractivity contribution in [2.24, 2.45) is 0 Å². The van der Waals surface area contributed by atoms with Crippen molar-refractivity contribution in [2.45, 2.75) is 38.8 Å². The molecule has 0 N–H and O–H groups in total. The smallest absolute Gasteiger partial charge is 0.146 e. The van der Waals surface area contributed by atoms with E-state index < -0.39 is 8.07 Å². The van der Waals surface area contributed by atoms with Crippen LogP contribution in [0.2, 0.25) is 11.1 Å². The molecule has 21 heavy (non-hydrogen) atoms. The van der Waals surface area contributed by atoms with Gasteiger partial charge in [-0.05, 0) is 35.3 Å². The zero-order chi connectivity index (χ0) is 15.5. The Balaban J connectivity index is 2.64. The second-order valence-corrected chi connectivity index (χ2v) is 11.3. The highest BCUT2D eigenvalue weighted by Gasteiger charge is 2.44. The molecule has 0 saturated heterocycles. The van der Waals surface area contributed by atoms with Gasteiger partial charge in [-0.2, -0.15) is 0 Å². The minimum absolute atomic E-state index is 0.584. The minimum atomic E-state index is -1.90. The molecular formula is C18H25NOSi. The van der Waals surface area contributed by atoms with E-state index in [4.69, 9.17) is 9.72 Å². The fourth-order valence-electron chi connectivity index (χ4n) is 3.55. The van der Waals surface area contributed by atoms with Crippen molar-refractivity contribution < 1.29 is 4.74 Å². The number of benzene rings is 1. The topological polar surface area (TPSA) is 22.1 Å². The molecule has 0 aliphatic rings. The van der Waals surface area contributed by atoms with Crippen LogP contribution in [-0.4, -0.2) is 20.2 Å². The number of rotatable bonds is 5. The number of hydrogen-bond donors (Lipinski definition) is 0. The molecule has 0 aliphatic heterocycles. The number of methoxy groups -OCH3 is 1. The van der Waals surface area contributed by atoms with Crippen LogP contribution >= 0.6 is 0 Å². The van der Waals surface area contributed by atoms with Crippen LogP contribution in [-0.2, 0) is 0 Å². The quantitative estimate of drug-likeness (QED) is 0.789. The normalized spacial score (nSPS) is 12.0. The van der Waals surface area contributed by atoms with Gasteiger partial charge >= 0.3 is 0 Å². The standard InChI is InChI=1S/C18H25NOSi/c1-14(2)21(15(3)4,18-8-6-7-13-19-18)17-11-9-16(20-5)10-12-17/h6-15H,1-5H3. The van der Waals surface area contributed by atoms with E-state index in [0.29, 0.717) is 11.1 Å². The van der Waals surface area contributed by atoms with Gasteiger partial charge in [-0.25, -0.2) is 0 Å². The fourth-order valence-corrected chi connectivity index (χ4v) is 9.07. The van der Waals surface area contributed by atoms with Crippen LogP contribution in [0.3, 0.4) is 0 Å². The summed E-state index contributed by atoms with van der Waals surface area (Å²) in [7, 11) is -0.193. The largest absolute Gasteiger partial charge is 0.497 e. The molecule has 0 aliphatic carbocycles.